The van der Waals surface area contributed by atoms with E-state index in [1.54, 1.807) is 55.5 Å². The van der Waals surface area contributed by atoms with Crippen molar-refractivity contribution >= 4 is 17.8 Å². The molecule has 0 aliphatic carbocycles. The number of ketones is 1. The van der Waals surface area contributed by atoms with Crippen molar-refractivity contribution < 1.29 is 33.7 Å². The van der Waals surface area contributed by atoms with Gasteiger partial charge in [0.05, 0.1) is 12.6 Å². The van der Waals surface area contributed by atoms with Gasteiger partial charge < -0.3 is 19.3 Å². The molecule has 8 heteroatoms. The number of amides is 1. The topological polar surface area (TPSA) is 102 Å². The molecule has 0 saturated heterocycles. The smallest absolute Gasteiger partial charge is 0.413 e. The van der Waals surface area contributed by atoms with Gasteiger partial charge in [-0.3, -0.25) is 9.69 Å². The van der Waals surface area contributed by atoms with Crippen molar-refractivity contribution in [3.63, 3.8) is 0 Å². The minimum atomic E-state index is -2.88. The molecule has 3 aromatic carbocycles. The van der Waals surface area contributed by atoms with Crippen LogP contribution in [0.5, 0.6) is 11.5 Å². The Balaban J connectivity index is 1.70. The minimum absolute atomic E-state index is 0.0839. The van der Waals surface area contributed by atoms with Crippen molar-refractivity contribution in [1.82, 2.24) is 4.90 Å². The lowest BCUT2D eigenvalue weighted by Gasteiger charge is -2.43. The van der Waals surface area contributed by atoms with E-state index in [2.05, 4.69) is 0 Å². The van der Waals surface area contributed by atoms with Crippen LogP contribution in [0.15, 0.2) is 78.9 Å². The molecule has 0 aromatic heterocycles. The second kappa shape index (κ2) is 9.99. The SMILES string of the molecule is CCOC(=O)C1(O)C(=O)c2ccc(Oc3ccccc3)cc2C(C)N1C(=O)OCc1ccccc1. The van der Waals surface area contributed by atoms with Crippen LogP contribution in [0.25, 0.3) is 0 Å². The molecule has 2 atom stereocenters. The Morgan fingerprint density at radius 2 is 1.60 bits per heavy atom. The molecule has 2 unspecified atom stereocenters. The van der Waals surface area contributed by atoms with Crippen molar-refractivity contribution in [3.8, 4) is 11.5 Å². The van der Waals surface area contributed by atoms with Crippen molar-refractivity contribution in [2.24, 2.45) is 0 Å². The Labute approximate surface area is 202 Å². The molecule has 0 fully saturated rings. The Morgan fingerprint density at radius 3 is 2.26 bits per heavy atom. The first-order valence-electron chi connectivity index (χ1n) is 11.2. The van der Waals surface area contributed by atoms with E-state index in [9.17, 15) is 19.5 Å². The van der Waals surface area contributed by atoms with Gasteiger partial charge in [0.2, 0.25) is 5.78 Å². The monoisotopic (exact) mass is 475 g/mol. The summed E-state index contributed by atoms with van der Waals surface area (Å²) in [6.45, 7) is 2.93. The van der Waals surface area contributed by atoms with E-state index < -0.39 is 29.6 Å². The predicted molar refractivity (Wildman–Crippen MR) is 126 cm³/mol. The Morgan fingerprint density at radius 1 is 0.943 bits per heavy atom. The lowest BCUT2D eigenvalue weighted by Crippen LogP contribution is -2.65. The number of benzene rings is 3. The van der Waals surface area contributed by atoms with Crippen LogP contribution in [0.3, 0.4) is 0 Å². The zero-order valence-corrected chi connectivity index (χ0v) is 19.3. The number of para-hydroxylation sites is 1. The Hall–Kier alpha value is -4.17. The normalized spacial score (nSPS) is 19.0. The van der Waals surface area contributed by atoms with E-state index in [0.29, 0.717) is 22.6 Å². The van der Waals surface area contributed by atoms with Gasteiger partial charge >= 0.3 is 17.8 Å². The van der Waals surface area contributed by atoms with Gasteiger partial charge in [0.1, 0.15) is 18.1 Å². The summed E-state index contributed by atoms with van der Waals surface area (Å²) in [4.78, 5) is 40.2. The molecule has 0 radical (unpaired) electrons. The molecule has 4 rings (SSSR count). The third-order valence-electron chi connectivity index (χ3n) is 5.71. The van der Waals surface area contributed by atoms with Crippen molar-refractivity contribution in [1.29, 1.82) is 0 Å². The first-order chi connectivity index (χ1) is 16.9. The summed E-state index contributed by atoms with van der Waals surface area (Å²) < 4.78 is 16.2. The maximum absolute atomic E-state index is 13.4. The van der Waals surface area contributed by atoms with Gasteiger partial charge in [0.15, 0.2) is 0 Å². The molecule has 0 spiro atoms. The summed E-state index contributed by atoms with van der Waals surface area (Å²) in [5.41, 5.74) is -1.69. The second-order valence-electron chi connectivity index (χ2n) is 7.97. The average Bonchev–Trinajstić information content (AvgIpc) is 2.87. The summed E-state index contributed by atoms with van der Waals surface area (Å²) in [6.07, 6.45) is -1.04. The van der Waals surface area contributed by atoms with Crippen LogP contribution in [-0.2, 0) is 20.9 Å². The highest BCUT2D eigenvalue weighted by atomic mass is 16.6. The fraction of sp³-hybridized carbons (Fsp3) is 0.222. The van der Waals surface area contributed by atoms with E-state index in [4.69, 9.17) is 14.2 Å². The van der Waals surface area contributed by atoms with Gasteiger partial charge in [-0.2, -0.15) is 0 Å². The number of nitrogens with zero attached hydrogens (tertiary/aromatic N) is 1. The highest BCUT2D eigenvalue weighted by Gasteiger charge is 2.59. The van der Waals surface area contributed by atoms with Crippen molar-refractivity contribution in [2.45, 2.75) is 32.2 Å². The summed E-state index contributed by atoms with van der Waals surface area (Å²) in [7, 11) is 0. The number of ether oxygens (including phenoxy) is 3. The van der Waals surface area contributed by atoms with Gasteiger partial charge in [-0.05, 0) is 55.3 Å². The fourth-order valence-electron chi connectivity index (χ4n) is 4.00. The van der Waals surface area contributed by atoms with E-state index in [0.717, 1.165) is 4.90 Å². The number of hydrogen-bond acceptors (Lipinski definition) is 7. The zero-order chi connectivity index (χ0) is 25.0. The van der Waals surface area contributed by atoms with Crippen LogP contribution in [0.2, 0.25) is 0 Å². The Kier molecular flexibility index (Phi) is 6.84. The molecule has 1 aliphatic heterocycles. The summed E-state index contributed by atoms with van der Waals surface area (Å²) >= 11 is 0. The highest BCUT2D eigenvalue weighted by molar-refractivity contribution is 6.18. The van der Waals surface area contributed by atoms with Crippen LogP contribution in [0.1, 0.15) is 41.4 Å². The third-order valence-corrected chi connectivity index (χ3v) is 5.71. The molecule has 180 valence electrons. The molecular formula is C27H25NO7. The van der Waals surface area contributed by atoms with Gasteiger partial charge in [-0.25, -0.2) is 9.59 Å². The molecule has 3 aromatic rings. The number of aliphatic hydroxyl groups is 1. The van der Waals surface area contributed by atoms with Gasteiger partial charge in [-0.1, -0.05) is 48.5 Å². The molecule has 0 bridgehead atoms. The molecule has 1 aliphatic rings. The number of fused-ring (bicyclic) bond motifs is 1. The van der Waals surface area contributed by atoms with E-state index >= 15 is 0 Å². The predicted octanol–water partition coefficient (Wildman–Crippen LogP) is 4.63. The zero-order valence-electron chi connectivity index (χ0n) is 19.3. The number of Topliss-reactive ketones (excluding diaryl/α,β-unsaturated/α-hetero) is 1. The Bertz CT molecular complexity index is 1230. The molecule has 1 amide bonds. The van der Waals surface area contributed by atoms with Gasteiger partial charge in [0.25, 0.3) is 0 Å². The maximum Gasteiger partial charge on any atom is 0.413 e. The molecule has 1 heterocycles. The second-order valence-corrected chi connectivity index (χ2v) is 7.97. The quantitative estimate of drug-likeness (QED) is 0.410. The standard InChI is InChI=1S/C27H25NO7/c1-3-33-25(30)27(32)24(29)22-15-14-21(35-20-12-8-5-9-13-20)16-23(22)18(2)28(27)26(31)34-17-19-10-6-4-7-11-19/h4-16,18,32H,3,17H2,1-2H3. The van der Waals surface area contributed by atoms with Crippen molar-refractivity contribution in [3.05, 3.63) is 95.6 Å². The molecule has 1 N–H and O–H groups in total. The lowest BCUT2D eigenvalue weighted by molar-refractivity contribution is -0.179. The first kappa shape index (κ1) is 24.0. The molecular weight excluding hydrogens is 450 g/mol. The van der Waals surface area contributed by atoms with Gasteiger partial charge in [0, 0.05) is 5.56 Å². The minimum Gasteiger partial charge on any atom is -0.462 e. The van der Waals surface area contributed by atoms with E-state index in [1.165, 1.54) is 13.0 Å². The van der Waals surface area contributed by atoms with Crippen LogP contribution in [-0.4, -0.2) is 40.2 Å². The fourth-order valence-corrected chi connectivity index (χ4v) is 4.00. The molecule has 35 heavy (non-hydrogen) atoms. The number of carbonyl (C=O) groups is 3. The first-order valence-corrected chi connectivity index (χ1v) is 11.2. The number of carbonyl (C=O) groups excluding carboxylic acids is 3. The van der Waals surface area contributed by atoms with Gasteiger partial charge in [-0.15, -0.1) is 0 Å². The number of esters is 1. The molecule has 8 nitrogen and oxygen atoms in total. The summed E-state index contributed by atoms with van der Waals surface area (Å²) in [5, 5.41) is 11.4. The number of rotatable bonds is 6. The van der Waals surface area contributed by atoms with Crippen LogP contribution in [0.4, 0.5) is 4.79 Å². The lowest BCUT2D eigenvalue weighted by atomic mass is 9.85. The van der Waals surface area contributed by atoms with E-state index in [-0.39, 0.29) is 18.8 Å². The average molecular weight is 475 g/mol. The van der Waals surface area contributed by atoms with E-state index in [1.807, 2.05) is 24.3 Å². The summed E-state index contributed by atoms with van der Waals surface area (Å²) in [6, 6.07) is 21.7. The maximum atomic E-state index is 13.4. The van der Waals surface area contributed by atoms with Crippen LogP contribution < -0.4 is 4.74 Å². The third kappa shape index (κ3) is 4.61. The highest BCUT2D eigenvalue weighted by Crippen LogP contribution is 2.41. The largest absolute Gasteiger partial charge is 0.462 e. The van der Waals surface area contributed by atoms with Crippen LogP contribution in [0, 0.1) is 0 Å². The molecule has 0 saturated carbocycles. The number of hydrogen-bond donors (Lipinski definition) is 1. The summed E-state index contributed by atoms with van der Waals surface area (Å²) in [5.74, 6) is -1.21. The van der Waals surface area contributed by atoms with Crippen LogP contribution >= 0.6 is 0 Å². The van der Waals surface area contributed by atoms with Crippen molar-refractivity contribution in [2.75, 3.05) is 6.61 Å².